The van der Waals surface area contributed by atoms with Crippen molar-refractivity contribution >= 4 is 17.7 Å². The van der Waals surface area contributed by atoms with Crippen LogP contribution in [0, 0.1) is 6.92 Å². The van der Waals surface area contributed by atoms with Crippen molar-refractivity contribution < 1.29 is 14.4 Å². The normalized spacial score (nSPS) is 19.0. The standard InChI is InChI=1S/C15H19N3O3/c1-9-7-10(14(16)20)3-4-11(9)8-17-12-5-6-13(19)18(2)15(12)21/h3-4,7,12,17H,5-6,8H2,1-2H3,(H2,16,20). The molecule has 1 fully saturated rings. The van der Waals surface area contributed by atoms with Crippen molar-refractivity contribution in [1.82, 2.24) is 10.2 Å². The minimum atomic E-state index is -0.458. The Morgan fingerprint density at radius 2 is 2.14 bits per heavy atom. The molecule has 6 nitrogen and oxygen atoms in total. The Morgan fingerprint density at radius 3 is 2.76 bits per heavy atom. The molecule has 3 N–H and O–H groups in total. The average molecular weight is 289 g/mol. The quantitative estimate of drug-likeness (QED) is 0.781. The van der Waals surface area contributed by atoms with Crippen LogP contribution in [0.25, 0.3) is 0 Å². The average Bonchev–Trinajstić information content (AvgIpc) is 2.45. The van der Waals surface area contributed by atoms with E-state index in [9.17, 15) is 14.4 Å². The predicted molar refractivity (Wildman–Crippen MR) is 77.3 cm³/mol. The van der Waals surface area contributed by atoms with E-state index in [0.717, 1.165) is 11.1 Å². The van der Waals surface area contributed by atoms with Gasteiger partial charge in [-0.1, -0.05) is 6.07 Å². The first-order valence-corrected chi connectivity index (χ1v) is 6.83. The molecule has 0 saturated carbocycles. The predicted octanol–water partition coefficient (Wildman–Crippen LogP) is 0.331. The number of nitrogens with zero attached hydrogens (tertiary/aromatic N) is 1. The smallest absolute Gasteiger partial charge is 0.248 e. The minimum Gasteiger partial charge on any atom is -0.366 e. The monoisotopic (exact) mass is 289 g/mol. The number of nitrogens with one attached hydrogen (secondary N) is 1. The number of hydrogen-bond donors (Lipinski definition) is 2. The maximum Gasteiger partial charge on any atom is 0.248 e. The van der Waals surface area contributed by atoms with Crippen LogP contribution in [0.2, 0.25) is 0 Å². The summed E-state index contributed by atoms with van der Waals surface area (Å²) in [5.41, 5.74) is 7.63. The van der Waals surface area contributed by atoms with Crippen LogP contribution in [0.3, 0.4) is 0 Å². The highest BCUT2D eigenvalue weighted by Gasteiger charge is 2.31. The van der Waals surface area contributed by atoms with Crippen LogP contribution >= 0.6 is 0 Å². The summed E-state index contributed by atoms with van der Waals surface area (Å²) in [4.78, 5) is 35.7. The van der Waals surface area contributed by atoms with Crippen LogP contribution in [-0.4, -0.2) is 35.7 Å². The molecule has 3 amide bonds. The first kappa shape index (κ1) is 15.2. The third-order valence-electron chi connectivity index (χ3n) is 3.82. The summed E-state index contributed by atoms with van der Waals surface area (Å²) in [6.07, 6.45) is 0.889. The molecule has 0 spiro atoms. The van der Waals surface area contributed by atoms with E-state index in [0.29, 0.717) is 24.9 Å². The second-order valence-electron chi connectivity index (χ2n) is 5.27. The second kappa shape index (κ2) is 6.05. The van der Waals surface area contributed by atoms with Gasteiger partial charge in [-0.15, -0.1) is 0 Å². The number of benzene rings is 1. The highest BCUT2D eigenvalue weighted by molar-refractivity contribution is 6.00. The molecule has 0 bridgehead atoms. The van der Waals surface area contributed by atoms with Gasteiger partial charge in [0.25, 0.3) is 0 Å². The zero-order valence-electron chi connectivity index (χ0n) is 12.2. The number of hydrogen-bond acceptors (Lipinski definition) is 4. The van der Waals surface area contributed by atoms with Crippen molar-refractivity contribution in [3.63, 3.8) is 0 Å². The fraction of sp³-hybridized carbons (Fsp3) is 0.400. The van der Waals surface area contributed by atoms with Gasteiger partial charge in [-0.3, -0.25) is 19.3 Å². The number of imide groups is 1. The minimum absolute atomic E-state index is 0.139. The van der Waals surface area contributed by atoms with Crippen molar-refractivity contribution in [1.29, 1.82) is 0 Å². The van der Waals surface area contributed by atoms with Crippen LogP contribution in [0.4, 0.5) is 0 Å². The second-order valence-corrected chi connectivity index (χ2v) is 5.27. The fourth-order valence-electron chi connectivity index (χ4n) is 2.39. The van der Waals surface area contributed by atoms with Crippen LogP contribution in [-0.2, 0) is 16.1 Å². The molecule has 2 rings (SSSR count). The number of amides is 3. The summed E-state index contributed by atoms with van der Waals surface area (Å²) in [6.45, 7) is 2.39. The van der Waals surface area contributed by atoms with Gasteiger partial charge >= 0.3 is 0 Å². The SMILES string of the molecule is Cc1cc(C(N)=O)ccc1CNC1CCC(=O)N(C)C1=O. The molecule has 1 aromatic rings. The molecule has 112 valence electrons. The fourth-order valence-corrected chi connectivity index (χ4v) is 2.39. The lowest BCUT2D eigenvalue weighted by atomic mass is 10.0. The highest BCUT2D eigenvalue weighted by Crippen LogP contribution is 2.14. The van der Waals surface area contributed by atoms with E-state index in [4.69, 9.17) is 5.73 Å². The number of primary amides is 1. The van der Waals surface area contributed by atoms with Gasteiger partial charge in [0.1, 0.15) is 0 Å². The molecular weight excluding hydrogens is 270 g/mol. The number of piperidine rings is 1. The largest absolute Gasteiger partial charge is 0.366 e. The van der Waals surface area contributed by atoms with Gasteiger partial charge in [0.2, 0.25) is 17.7 Å². The molecule has 0 radical (unpaired) electrons. The first-order chi connectivity index (χ1) is 9.90. The Kier molecular flexibility index (Phi) is 4.37. The zero-order chi connectivity index (χ0) is 15.6. The molecule has 1 aromatic carbocycles. The van der Waals surface area contributed by atoms with Gasteiger partial charge in [-0.25, -0.2) is 0 Å². The lowest BCUT2D eigenvalue weighted by molar-refractivity contribution is -0.148. The van der Waals surface area contributed by atoms with E-state index in [1.807, 2.05) is 13.0 Å². The van der Waals surface area contributed by atoms with Gasteiger partial charge in [-0.2, -0.15) is 0 Å². The molecule has 1 unspecified atom stereocenters. The lowest BCUT2D eigenvalue weighted by Gasteiger charge is -2.28. The summed E-state index contributed by atoms with van der Waals surface area (Å²) in [7, 11) is 1.51. The molecule has 1 atom stereocenters. The topological polar surface area (TPSA) is 92.5 Å². The number of rotatable bonds is 4. The molecular formula is C15H19N3O3. The Balaban J connectivity index is 2.02. The number of carbonyl (C=O) groups excluding carboxylic acids is 3. The number of carbonyl (C=O) groups is 3. The van der Waals surface area contributed by atoms with E-state index in [1.165, 1.54) is 11.9 Å². The summed E-state index contributed by atoms with van der Waals surface area (Å²) < 4.78 is 0. The van der Waals surface area contributed by atoms with Crippen molar-refractivity contribution in [2.24, 2.45) is 5.73 Å². The Hall–Kier alpha value is -2.21. The van der Waals surface area contributed by atoms with E-state index < -0.39 is 5.91 Å². The Labute approximate surface area is 123 Å². The van der Waals surface area contributed by atoms with Crippen LogP contribution in [0.15, 0.2) is 18.2 Å². The van der Waals surface area contributed by atoms with Crippen LogP contribution in [0.5, 0.6) is 0 Å². The molecule has 0 aromatic heterocycles. The van der Waals surface area contributed by atoms with Crippen molar-refractivity contribution in [2.45, 2.75) is 32.4 Å². The third-order valence-corrected chi connectivity index (χ3v) is 3.82. The van der Waals surface area contributed by atoms with Crippen LogP contribution in [0.1, 0.15) is 34.3 Å². The number of likely N-dealkylation sites (tertiary alicyclic amines) is 1. The van der Waals surface area contributed by atoms with Gasteiger partial charge in [0.05, 0.1) is 6.04 Å². The summed E-state index contributed by atoms with van der Waals surface area (Å²) in [5.74, 6) is -0.794. The van der Waals surface area contributed by atoms with Crippen molar-refractivity contribution in [3.05, 3.63) is 34.9 Å². The van der Waals surface area contributed by atoms with Crippen LogP contribution < -0.4 is 11.1 Å². The highest BCUT2D eigenvalue weighted by atomic mass is 16.2. The first-order valence-electron chi connectivity index (χ1n) is 6.83. The van der Waals surface area contributed by atoms with Gasteiger partial charge < -0.3 is 11.1 Å². The van der Waals surface area contributed by atoms with Gasteiger partial charge in [0.15, 0.2) is 0 Å². The van der Waals surface area contributed by atoms with E-state index in [2.05, 4.69) is 5.32 Å². The molecule has 1 saturated heterocycles. The molecule has 21 heavy (non-hydrogen) atoms. The molecule has 1 aliphatic rings. The third kappa shape index (κ3) is 3.28. The number of aryl methyl sites for hydroxylation is 1. The maximum absolute atomic E-state index is 12.0. The van der Waals surface area contributed by atoms with E-state index in [-0.39, 0.29) is 17.9 Å². The van der Waals surface area contributed by atoms with Crippen molar-refractivity contribution in [3.8, 4) is 0 Å². The molecule has 1 heterocycles. The summed E-state index contributed by atoms with van der Waals surface area (Å²) in [5, 5.41) is 3.17. The van der Waals surface area contributed by atoms with E-state index >= 15 is 0 Å². The summed E-state index contributed by atoms with van der Waals surface area (Å²) in [6, 6.07) is 4.88. The van der Waals surface area contributed by atoms with Crippen molar-refractivity contribution in [2.75, 3.05) is 7.05 Å². The Bertz CT molecular complexity index is 598. The molecule has 6 heteroatoms. The Morgan fingerprint density at radius 1 is 1.43 bits per heavy atom. The number of nitrogens with two attached hydrogens (primary N) is 1. The molecule has 0 aliphatic carbocycles. The van der Waals surface area contributed by atoms with Gasteiger partial charge in [0, 0.05) is 25.6 Å². The summed E-state index contributed by atoms with van der Waals surface area (Å²) >= 11 is 0. The number of likely N-dealkylation sites (N-methyl/N-ethyl adjacent to an activating group) is 1. The maximum atomic E-state index is 12.0. The molecule has 1 aliphatic heterocycles. The lowest BCUT2D eigenvalue weighted by Crippen LogP contribution is -2.51. The zero-order valence-corrected chi connectivity index (χ0v) is 12.2. The van der Waals surface area contributed by atoms with E-state index in [1.54, 1.807) is 12.1 Å². The van der Waals surface area contributed by atoms with Gasteiger partial charge in [-0.05, 0) is 36.6 Å².